The van der Waals surface area contributed by atoms with E-state index in [2.05, 4.69) is 31.0 Å². The first-order valence-corrected chi connectivity index (χ1v) is 16.7. The largest absolute Gasteiger partial charge is 0.492 e. The number of hydrogen-bond donors (Lipinski definition) is 1. The Hall–Kier alpha value is -3.21. The summed E-state index contributed by atoms with van der Waals surface area (Å²) in [5, 5.41) is 3.61. The Kier molecular flexibility index (Phi) is 10.9. The molecular weight excluding hydrogens is 613 g/mol. The molecule has 0 amide bonds. The molecule has 5 rings (SSSR count). The average molecular weight is 657 g/mol. The first-order chi connectivity index (χ1) is 21.9. The minimum absolute atomic E-state index is 0.0299. The van der Waals surface area contributed by atoms with Gasteiger partial charge in [0.05, 0.1) is 6.61 Å². The van der Waals surface area contributed by atoms with Crippen LogP contribution in [0.2, 0.25) is 0 Å². The Balaban J connectivity index is 1.01. The van der Waals surface area contributed by atoms with Gasteiger partial charge in [0.1, 0.15) is 18.1 Å². The van der Waals surface area contributed by atoms with Crippen molar-refractivity contribution in [2.24, 2.45) is 11.8 Å². The van der Waals surface area contributed by atoms with Gasteiger partial charge in [-0.05, 0) is 89.0 Å². The number of nitrogens with one attached hydrogen (secondary N) is 1. The molecule has 4 atom stereocenters. The quantitative estimate of drug-likeness (QED) is 0.112. The Bertz CT molecular complexity index is 1410. The number of piperidine rings is 1. The van der Waals surface area contributed by atoms with Gasteiger partial charge in [-0.2, -0.15) is 13.2 Å². The van der Waals surface area contributed by atoms with E-state index < -0.39 is 11.6 Å². The monoisotopic (exact) mass is 656 g/mol. The number of rotatable bonds is 14. The summed E-state index contributed by atoms with van der Waals surface area (Å²) >= 11 is -0.0787. The molecule has 2 fully saturated rings. The molecule has 0 aromatic heterocycles. The summed E-state index contributed by atoms with van der Waals surface area (Å²) in [6, 6.07) is 22.7. The van der Waals surface area contributed by atoms with Crippen LogP contribution in [0, 0.1) is 11.8 Å². The minimum Gasteiger partial charge on any atom is -0.492 e. The summed E-state index contributed by atoms with van der Waals surface area (Å²) in [7, 11) is 0. The molecule has 0 radical (unpaired) electrons. The Morgan fingerprint density at radius 1 is 0.913 bits per heavy atom. The summed E-state index contributed by atoms with van der Waals surface area (Å²) in [6.07, 6.45) is -0.376. The van der Waals surface area contributed by atoms with Gasteiger partial charge in [-0.25, -0.2) is 4.79 Å². The minimum atomic E-state index is -4.26. The zero-order chi connectivity index (χ0) is 32.9. The number of fused-ring (bicyclic) bond motifs is 1. The van der Waals surface area contributed by atoms with E-state index in [-0.39, 0.29) is 34.6 Å². The summed E-state index contributed by atoms with van der Waals surface area (Å²) < 4.78 is 55.0. The van der Waals surface area contributed by atoms with Gasteiger partial charge in [-0.3, -0.25) is 4.90 Å². The molecule has 2 aliphatic rings. The fraction of sp³-hybridized carbons (Fsp3) is 0.472. The van der Waals surface area contributed by atoms with Crippen LogP contribution in [0.3, 0.4) is 0 Å². The maximum Gasteiger partial charge on any atom is 0.446 e. The van der Waals surface area contributed by atoms with Crippen LogP contribution < -0.4 is 14.8 Å². The van der Waals surface area contributed by atoms with Crippen molar-refractivity contribution in [2.45, 2.75) is 68.6 Å². The third-order valence-corrected chi connectivity index (χ3v) is 9.22. The molecule has 1 saturated carbocycles. The molecule has 1 saturated heterocycles. The number of thioether (sulfide) groups is 1. The van der Waals surface area contributed by atoms with E-state index in [1.807, 2.05) is 48.5 Å². The molecule has 1 aliphatic carbocycles. The van der Waals surface area contributed by atoms with Crippen molar-refractivity contribution in [3.05, 3.63) is 89.5 Å². The number of hydrogen-bond acceptors (Lipinski definition) is 7. The fourth-order valence-corrected chi connectivity index (χ4v) is 6.58. The van der Waals surface area contributed by atoms with Gasteiger partial charge in [-0.15, -0.1) is 0 Å². The number of halogens is 3. The highest BCUT2D eigenvalue weighted by Crippen LogP contribution is 2.46. The van der Waals surface area contributed by atoms with E-state index in [1.54, 1.807) is 31.2 Å². The lowest BCUT2D eigenvalue weighted by molar-refractivity contribution is -0.151. The van der Waals surface area contributed by atoms with Crippen molar-refractivity contribution in [2.75, 3.05) is 32.8 Å². The smallest absolute Gasteiger partial charge is 0.446 e. The van der Waals surface area contributed by atoms with Crippen LogP contribution in [-0.4, -0.2) is 61.4 Å². The van der Waals surface area contributed by atoms with Crippen molar-refractivity contribution in [3.63, 3.8) is 0 Å². The molecule has 1 unspecified atom stereocenters. The van der Waals surface area contributed by atoms with Crippen molar-refractivity contribution in [1.29, 1.82) is 0 Å². The van der Waals surface area contributed by atoms with E-state index in [1.165, 1.54) is 5.56 Å². The standard InChI is InChI=1S/C36H43F3N2O4S/c1-5-43-34(42)32(45-28-14-10-26(11-15-28)35(2,3)4)20-24-6-12-27(13-7-24)44-19-18-40-33-30-22-41(23-31(30)33)21-25-8-16-29(17-9-25)46-36(37,38)39/h6-17,30-33,40H,5,18-23H2,1-4H3/t30-,31?,32-,33+/m0/s1. The highest BCUT2D eigenvalue weighted by molar-refractivity contribution is 8.00. The molecule has 1 N–H and O–H groups in total. The van der Waals surface area contributed by atoms with Crippen LogP contribution in [0.25, 0.3) is 0 Å². The number of esters is 1. The molecule has 3 aromatic carbocycles. The molecule has 0 bridgehead atoms. The zero-order valence-electron chi connectivity index (χ0n) is 26.8. The zero-order valence-corrected chi connectivity index (χ0v) is 27.6. The normalized spacial score (nSPS) is 20.2. The summed E-state index contributed by atoms with van der Waals surface area (Å²) in [6.45, 7) is 12.5. The molecule has 3 aromatic rings. The number of likely N-dealkylation sites (tertiary alicyclic amines) is 1. The molecule has 248 valence electrons. The molecule has 46 heavy (non-hydrogen) atoms. The third kappa shape index (κ3) is 9.65. The molecule has 1 heterocycles. The SMILES string of the molecule is CCOC(=O)[C@H](Cc1ccc(OCCN[C@H]2C3CN(Cc4ccc(SC(F)(F)F)cc4)C[C@@H]32)cc1)Oc1ccc(C(C)(C)C)cc1. The van der Waals surface area contributed by atoms with Gasteiger partial charge >= 0.3 is 11.5 Å². The number of carbonyl (C=O) groups excluding carboxylic acids is 1. The predicted octanol–water partition coefficient (Wildman–Crippen LogP) is 7.25. The average Bonchev–Trinajstić information content (AvgIpc) is 3.45. The Morgan fingerprint density at radius 2 is 1.52 bits per heavy atom. The van der Waals surface area contributed by atoms with Crippen LogP contribution >= 0.6 is 11.8 Å². The van der Waals surface area contributed by atoms with Crippen LogP contribution in [0.4, 0.5) is 13.2 Å². The second-order valence-corrected chi connectivity index (χ2v) is 14.2. The van der Waals surface area contributed by atoms with Crippen molar-refractivity contribution < 1.29 is 32.2 Å². The lowest BCUT2D eigenvalue weighted by Crippen LogP contribution is -2.33. The third-order valence-electron chi connectivity index (χ3n) is 8.48. The first kappa shape index (κ1) is 34.1. The summed E-state index contributed by atoms with van der Waals surface area (Å²) in [5.41, 5.74) is -1.06. The topological polar surface area (TPSA) is 60.0 Å². The van der Waals surface area contributed by atoms with E-state index in [4.69, 9.17) is 14.2 Å². The number of nitrogens with zero attached hydrogens (tertiary/aromatic N) is 1. The summed E-state index contributed by atoms with van der Waals surface area (Å²) in [5.74, 6) is 2.21. The summed E-state index contributed by atoms with van der Waals surface area (Å²) in [4.78, 5) is 15.3. The highest BCUT2D eigenvalue weighted by Gasteiger charge is 2.55. The second kappa shape index (κ2) is 14.7. The molecule has 0 spiro atoms. The highest BCUT2D eigenvalue weighted by atomic mass is 32.2. The van der Waals surface area contributed by atoms with E-state index in [9.17, 15) is 18.0 Å². The lowest BCUT2D eigenvalue weighted by atomic mass is 9.87. The predicted molar refractivity (Wildman–Crippen MR) is 174 cm³/mol. The van der Waals surface area contributed by atoms with E-state index in [0.717, 1.165) is 43.1 Å². The number of benzene rings is 3. The fourth-order valence-electron chi connectivity index (χ4n) is 6.04. The van der Waals surface area contributed by atoms with E-state index >= 15 is 0 Å². The van der Waals surface area contributed by atoms with Gasteiger partial charge in [0, 0.05) is 43.5 Å². The van der Waals surface area contributed by atoms with Crippen LogP contribution in [0.5, 0.6) is 11.5 Å². The van der Waals surface area contributed by atoms with Gasteiger partial charge in [0.25, 0.3) is 0 Å². The van der Waals surface area contributed by atoms with Gasteiger partial charge < -0.3 is 19.5 Å². The first-order valence-electron chi connectivity index (χ1n) is 15.8. The maximum absolute atomic E-state index is 12.7. The van der Waals surface area contributed by atoms with Gasteiger partial charge in [0.2, 0.25) is 0 Å². The molecule has 1 aliphatic heterocycles. The molecule has 6 nitrogen and oxygen atoms in total. The Labute approximate surface area is 274 Å². The van der Waals surface area contributed by atoms with Crippen molar-refractivity contribution >= 4 is 17.7 Å². The molecule has 10 heteroatoms. The van der Waals surface area contributed by atoms with Crippen molar-refractivity contribution in [1.82, 2.24) is 10.2 Å². The second-order valence-electron chi connectivity index (χ2n) is 13.0. The van der Waals surface area contributed by atoms with Crippen LogP contribution in [-0.2, 0) is 27.9 Å². The lowest BCUT2D eigenvalue weighted by Gasteiger charge is -2.21. The number of alkyl halides is 3. The van der Waals surface area contributed by atoms with Crippen LogP contribution in [0.1, 0.15) is 44.4 Å². The van der Waals surface area contributed by atoms with E-state index in [0.29, 0.717) is 36.7 Å². The van der Waals surface area contributed by atoms with Gasteiger partial charge in [0.15, 0.2) is 6.10 Å². The van der Waals surface area contributed by atoms with Crippen molar-refractivity contribution in [3.8, 4) is 11.5 Å². The maximum atomic E-state index is 12.7. The number of ether oxygens (including phenoxy) is 3. The Morgan fingerprint density at radius 3 is 2.11 bits per heavy atom. The number of carbonyl (C=O) groups is 1. The van der Waals surface area contributed by atoms with Crippen LogP contribution in [0.15, 0.2) is 77.7 Å². The molecular formula is C36H43F3N2O4S. The van der Waals surface area contributed by atoms with Gasteiger partial charge in [-0.1, -0.05) is 57.2 Å².